The van der Waals surface area contributed by atoms with Gasteiger partial charge in [0.05, 0.1) is 0 Å². The van der Waals surface area contributed by atoms with Crippen molar-refractivity contribution in [3.05, 3.63) is 28.2 Å². The highest BCUT2D eigenvalue weighted by atomic mass is 79.9. The van der Waals surface area contributed by atoms with E-state index >= 15 is 0 Å². The molecule has 2 N–H and O–H groups in total. The molecule has 0 spiro atoms. The van der Waals surface area contributed by atoms with Gasteiger partial charge in [0.1, 0.15) is 5.37 Å². The van der Waals surface area contributed by atoms with Crippen molar-refractivity contribution in [2.24, 2.45) is 5.73 Å². The molecule has 1 fully saturated rings. The minimum atomic E-state index is -3.13. The third-order valence-electron chi connectivity index (χ3n) is 3.37. The summed E-state index contributed by atoms with van der Waals surface area (Å²) in [5.74, 6) is 1.53. The predicted molar refractivity (Wildman–Crippen MR) is 90.0 cm³/mol. The van der Waals surface area contributed by atoms with Gasteiger partial charge in [-0.25, -0.2) is 8.42 Å². The zero-order valence-electron chi connectivity index (χ0n) is 11.5. The first-order valence-corrected chi connectivity index (χ1v) is 10.3. The second-order valence-electron chi connectivity index (χ2n) is 5.04. The minimum Gasteiger partial charge on any atom is -0.353 e. The number of halogens is 1. The van der Waals surface area contributed by atoms with E-state index < -0.39 is 15.2 Å². The van der Waals surface area contributed by atoms with Gasteiger partial charge in [0, 0.05) is 40.5 Å². The Kier molecular flexibility index (Phi) is 5.05. The van der Waals surface area contributed by atoms with Gasteiger partial charge in [0.15, 0.2) is 9.84 Å². The van der Waals surface area contributed by atoms with Crippen molar-refractivity contribution in [3.8, 4) is 0 Å². The Bertz CT molecular complexity index is 590. The van der Waals surface area contributed by atoms with Crippen LogP contribution in [0.3, 0.4) is 0 Å². The molecule has 2 unspecified atom stereocenters. The van der Waals surface area contributed by atoms with Gasteiger partial charge < -0.3 is 10.6 Å². The molecule has 0 aromatic heterocycles. The van der Waals surface area contributed by atoms with Crippen molar-refractivity contribution in [1.82, 2.24) is 0 Å². The molecule has 20 heavy (non-hydrogen) atoms. The average molecular weight is 379 g/mol. The standard InChI is InChI=1S/C13H19BrN2O2S2/c1-9(15)11-4-3-10(14)7-12(11)16-5-6-19-8-13(16)20(2,17)18/h3-4,7,9,13H,5-6,8,15H2,1-2H3. The molecule has 1 saturated heterocycles. The average Bonchev–Trinajstić information content (AvgIpc) is 2.37. The molecule has 1 heterocycles. The number of rotatable bonds is 3. The minimum absolute atomic E-state index is 0.132. The lowest BCUT2D eigenvalue weighted by Crippen LogP contribution is -2.47. The summed E-state index contributed by atoms with van der Waals surface area (Å²) >= 11 is 5.14. The summed E-state index contributed by atoms with van der Waals surface area (Å²) < 4.78 is 25.0. The van der Waals surface area contributed by atoms with Crippen LogP contribution in [0.25, 0.3) is 0 Å². The fraction of sp³-hybridized carbons (Fsp3) is 0.538. The molecule has 112 valence electrons. The number of benzene rings is 1. The van der Waals surface area contributed by atoms with Crippen LogP contribution in [0.15, 0.2) is 22.7 Å². The molecule has 0 bridgehead atoms. The molecule has 4 nitrogen and oxygen atoms in total. The molecule has 0 amide bonds. The Morgan fingerprint density at radius 3 is 2.80 bits per heavy atom. The third-order valence-corrected chi connectivity index (χ3v) is 6.51. The fourth-order valence-electron chi connectivity index (χ4n) is 2.36. The van der Waals surface area contributed by atoms with Gasteiger partial charge in [-0.1, -0.05) is 22.0 Å². The van der Waals surface area contributed by atoms with Crippen molar-refractivity contribution in [2.75, 3.05) is 29.2 Å². The second-order valence-corrected chi connectivity index (χ2v) is 9.31. The van der Waals surface area contributed by atoms with E-state index in [1.165, 1.54) is 6.26 Å². The van der Waals surface area contributed by atoms with Gasteiger partial charge in [0.25, 0.3) is 0 Å². The van der Waals surface area contributed by atoms with E-state index in [4.69, 9.17) is 5.73 Å². The Morgan fingerprint density at radius 2 is 2.20 bits per heavy atom. The van der Waals surface area contributed by atoms with E-state index in [2.05, 4.69) is 15.9 Å². The normalized spacial score (nSPS) is 21.8. The molecule has 1 aromatic carbocycles. The zero-order chi connectivity index (χ0) is 14.9. The summed E-state index contributed by atoms with van der Waals surface area (Å²) in [6.45, 7) is 2.64. The number of hydrogen-bond acceptors (Lipinski definition) is 5. The van der Waals surface area contributed by atoms with Crippen molar-refractivity contribution >= 4 is 43.2 Å². The van der Waals surface area contributed by atoms with Gasteiger partial charge >= 0.3 is 0 Å². The fourth-order valence-corrected chi connectivity index (χ4v) is 5.54. The van der Waals surface area contributed by atoms with Crippen molar-refractivity contribution < 1.29 is 8.42 Å². The first-order valence-electron chi connectivity index (χ1n) is 6.39. The van der Waals surface area contributed by atoms with Crippen LogP contribution in [0.1, 0.15) is 18.5 Å². The maximum Gasteiger partial charge on any atom is 0.169 e. The van der Waals surface area contributed by atoms with Crippen molar-refractivity contribution in [3.63, 3.8) is 0 Å². The SMILES string of the molecule is CC(N)c1ccc(Br)cc1N1CCSCC1S(C)(=O)=O. The Balaban J connectivity index is 2.50. The molecular formula is C13H19BrN2O2S2. The molecule has 0 aliphatic carbocycles. The van der Waals surface area contributed by atoms with E-state index in [0.29, 0.717) is 5.75 Å². The topological polar surface area (TPSA) is 63.4 Å². The smallest absolute Gasteiger partial charge is 0.169 e. The summed E-state index contributed by atoms with van der Waals surface area (Å²) in [6, 6.07) is 5.74. The van der Waals surface area contributed by atoms with Crippen LogP contribution in [0.5, 0.6) is 0 Å². The monoisotopic (exact) mass is 378 g/mol. The molecule has 1 aliphatic rings. The lowest BCUT2D eigenvalue weighted by atomic mass is 10.1. The summed E-state index contributed by atoms with van der Waals surface area (Å²) in [7, 11) is -3.13. The molecular weight excluding hydrogens is 360 g/mol. The Labute approximate surface area is 133 Å². The first kappa shape index (κ1) is 16.1. The number of nitrogens with two attached hydrogens (primary N) is 1. The molecule has 2 atom stereocenters. The van der Waals surface area contributed by atoms with Gasteiger partial charge in [-0.05, 0) is 24.6 Å². The van der Waals surface area contributed by atoms with Crippen LogP contribution < -0.4 is 10.6 Å². The summed E-state index contributed by atoms with van der Waals surface area (Å²) in [5, 5.41) is -0.479. The van der Waals surface area contributed by atoms with Gasteiger partial charge in [-0.2, -0.15) is 11.8 Å². The zero-order valence-corrected chi connectivity index (χ0v) is 14.8. The van der Waals surface area contributed by atoms with Crippen LogP contribution in [0, 0.1) is 0 Å². The summed E-state index contributed by atoms with van der Waals surface area (Å²) in [6.07, 6.45) is 1.31. The summed E-state index contributed by atoms with van der Waals surface area (Å²) in [5.41, 5.74) is 7.93. The summed E-state index contributed by atoms with van der Waals surface area (Å²) in [4.78, 5) is 1.98. The van der Waals surface area contributed by atoms with Crippen LogP contribution in [0.2, 0.25) is 0 Å². The van der Waals surface area contributed by atoms with E-state index in [9.17, 15) is 8.42 Å². The van der Waals surface area contributed by atoms with E-state index in [1.54, 1.807) is 11.8 Å². The maximum absolute atomic E-state index is 12.0. The molecule has 7 heteroatoms. The maximum atomic E-state index is 12.0. The molecule has 1 aliphatic heterocycles. The molecule has 0 radical (unpaired) electrons. The lowest BCUT2D eigenvalue weighted by molar-refractivity contribution is 0.584. The van der Waals surface area contributed by atoms with Crippen LogP contribution in [-0.2, 0) is 9.84 Å². The Morgan fingerprint density at radius 1 is 1.50 bits per heavy atom. The highest BCUT2D eigenvalue weighted by Crippen LogP contribution is 2.33. The number of hydrogen-bond donors (Lipinski definition) is 1. The quantitative estimate of drug-likeness (QED) is 0.874. The first-order chi connectivity index (χ1) is 9.30. The van der Waals surface area contributed by atoms with Crippen molar-refractivity contribution in [1.29, 1.82) is 0 Å². The largest absolute Gasteiger partial charge is 0.353 e. The lowest BCUT2D eigenvalue weighted by Gasteiger charge is -2.37. The van der Waals surface area contributed by atoms with E-state index in [1.807, 2.05) is 30.0 Å². The number of anilines is 1. The number of sulfone groups is 1. The van der Waals surface area contributed by atoms with Crippen LogP contribution in [-0.4, -0.2) is 38.1 Å². The molecule has 2 rings (SSSR count). The van der Waals surface area contributed by atoms with Gasteiger partial charge in [0.2, 0.25) is 0 Å². The van der Waals surface area contributed by atoms with Crippen LogP contribution >= 0.6 is 27.7 Å². The van der Waals surface area contributed by atoms with E-state index in [-0.39, 0.29) is 6.04 Å². The second kappa shape index (κ2) is 6.25. The highest BCUT2D eigenvalue weighted by Gasteiger charge is 2.32. The van der Waals surface area contributed by atoms with E-state index in [0.717, 1.165) is 28.0 Å². The highest BCUT2D eigenvalue weighted by molar-refractivity contribution is 9.10. The number of thioether (sulfide) groups is 1. The van der Waals surface area contributed by atoms with Gasteiger partial charge in [-0.3, -0.25) is 0 Å². The van der Waals surface area contributed by atoms with Gasteiger partial charge in [-0.15, -0.1) is 0 Å². The number of nitrogens with zero attached hydrogens (tertiary/aromatic N) is 1. The van der Waals surface area contributed by atoms with Crippen LogP contribution in [0.4, 0.5) is 5.69 Å². The molecule has 0 saturated carbocycles. The third kappa shape index (κ3) is 3.50. The predicted octanol–water partition coefficient (Wildman–Crippen LogP) is 2.39. The molecule has 1 aromatic rings. The Hall–Kier alpha value is -0.240. The van der Waals surface area contributed by atoms with Crippen molar-refractivity contribution in [2.45, 2.75) is 18.3 Å².